The third kappa shape index (κ3) is 2.30. The molecular formula is C9H11BrO2. The highest BCUT2D eigenvalue weighted by atomic mass is 79.9. The molecule has 0 spiro atoms. The fourth-order valence-corrected chi connectivity index (χ4v) is 1.26. The van der Waals surface area contributed by atoms with Crippen LogP contribution in [0.1, 0.15) is 11.7 Å². The molecule has 0 radical (unpaired) electrons. The number of rotatable bonds is 3. The number of benzene rings is 1. The predicted octanol–water partition coefficient (Wildman–Crippen LogP) is 1.48. The molecule has 0 aliphatic carbocycles. The highest BCUT2D eigenvalue weighted by Crippen LogP contribution is 2.21. The maximum absolute atomic E-state index is 9.58. The summed E-state index contributed by atoms with van der Waals surface area (Å²) in [6.07, 6.45) is -0.642. The van der Waals surface area contributed by atoms with Gasteiger partial charge in [-0.25, -0.2) is 0 Å². The van der Waals surface area contributed by atoms with Crippen molar-refractivity contribution in [2.24, 2.45) is 0 Å². The van der Waals surface area contributed by atoms with Crippen LogP contribution in [-0.4, -0.2) is 21.6 Å². The van der Waals surface area contributed by atoms with Gasteiger partial charge in [0.05, 0.1) is 17.5 Å². The predicted molar refractivity (Wildman–Crippen MR) is 51.2 cm³/mol. The van der Waals surface area contributed by atoms with Gasteiger partial charge in [-0.15, -0.1) is 0 Å². The van der Waals surface area contributed by atoms with E-state index < -0.39 is 6.10 Å². The maximum atomic E-state index is 9.58. The minimum atomic E-state index is -0.642. The average Bonchev–Trinajstić information content (AvgIpc) is 2.17. The molecule has 1 aromatic carbocycles. The first kappa shape index (κ1) is 9.71. The molecule has 1 aromatic rings. The third-order valence-corrected chi connectivity index (χ3v) is 2.45. The van der Waals surface area contributed by atoms with Crippen LogP contribution in [-0.2, 0) is 0 Å². The molecule has 1 rings (SSSR count). The zero-order chi connectivity index (χ0) is 8.97. The van der Waals surface area contributed by atoms with Crippen LogP contribution in [0.4, 0.5) is 0 Å². The van der Waals surface area contributed by atoms with Crippen molar-refractivity contribution in [3.8, 4) is 0 Å². The van der Waals surface area contributed by atoms with E-state index in [0.29, 0.717) is 0 Å². The van der Waals surface area contributed by atoms with Crippen LogP contribution >= 0.6 is 15.9 Å². The zero-order valence-electron chi connectivity index (χ0n) is 6.52. The van der Waals surface area contributed by atoms with Crippen molar-refractivity contribution < 1.29 is 10.2 Å². The molecule has 0 saturated carbocycles. The molecule has 2 N–H and O–H groups in total. The Kier molecular flexibility index (Phi) is 3.72. The molecule has 0 saturated heterocycles. The average molecular weight is 231 g/mol. The summed E-state index contributed by atoms with van der Waals surface area (Å²) < 4.78 is 0. The summed E-state index contributed by atoms with van der Waals surface area (Å²) in [7, 11) is 0. The van der Waals surface area contributed by atoms with Crippen LogP contribution in [0, 0.1) is 0 Å². The van der Waals surface area contributed by atoms with Gasteiger partial charge in [0.2, 0.25) is 0 Å². The van der Waals surface area contributed by atoms with E-state index in [1.807, 2.05) is 30.3 Å². The van der Waals surface area contributed by atoms with Crippen LogP contribution in [0.15, 0.2) is 30.3 Å². The van der Waals surface area contributed by atoms with Crippen LogP contribution < -0.4 is 0 Å². The van der Waals surface area contributed by atoms with Crippen LogP contribution in [0.5, 0.6) is 0 Å². The van der Waals surface area contributed by atoms with Crippen LogP contribution in [0.2, 0.25) is 0 Å². The Bertz CT molecular complexity index is 225. The smallest absolute Gasteiger partial charge is 0.0937 e. The number of aliphatic hydroxyl groups is 2. The van der Waals surface area contributed by atoms with Crippen molar-refractivity contribution in [2.75, 3.05) is 6.61 Å². The molecule has 0 aliphatic rings. The summed E-state index contributed by atoms with van der Waals surface area (Å²) in [5, 5.41) is 18.3. The molecule has 2 unspecified atom stereocenters. The molecule has 3 heteroatoms. The van der Waals surface area contributed by atoms with Gasteiger partial charge in [0.15, 0.2) is 0 Å². The SMILES string of the molecule is OCC(Br)C(O)c1ccccc1. The van der Waals surface area contributed by atoms with Gasteiger partial charge in [-0.2, -0.15) is 0 Å². The van der Waals surface area contributed by atoms with Crippen molar-refractivity contribution in [1.29, 1.82) is 0 Å². The van der Waals surface area contributed by atoms with Gasteiger partial charge < -0.3 is 10.2 Å². The fourth-order valence-electron chi connectivity index (χ4n) is 0.959. The van der Waals surface area contributed by atoms with E-state index in [9.17, 15) is 5.11 Å². The second-order valence-electron chi connectivity index (χ2n) is 2.55. The number of hydrogen-bond donors (Lipinski definition) is 2. The number of aliphatic hydroxyl groups excluding tert-OH is 2. The molecule has 0 bridgehead atoms. The van der Waals surface area contributed by atoms with Gasteiger partial charge in [-0.1, -0.05) is 46.3 Å². The molecule has 66 valence electrons. The van der Waals surface area contributed by atoms with E-state index in [4.69, 9.17) is 5.11 Å². The highest BCUT2D eigenvalue weighted by Gasteiger charge is 2.15. The minimum absolute atomic E-state index is 0.0734. The molecule has 12 heavy (non-hydrogen) atoms. The lowest BCUT2D eigenvalue weighted by Crippen LogP contribution is -2.15. The van der Waals surface area contributed by atoms with Gasteiger partial charge >= 0.3 is 0 Å². The molecule has 2 nitrogen and oxygen atoms in total. The summed E-state index contributed by atoms with van der Waals surface area (Å²) in [4.78, 5) is -0.292. The van der Waals surface area contributed by atoms with Gasteiger partial charge in [0.25, 0.3) is 0 Å². The lowest BCUT2D eigenvalue weighted by Gasteiger charge is -2.14. The standard InChI is InChI=1S/C9H11BrO2/c10-8(6-11)9(12)7-4-2-1-3-5-7/h1-5,8-9,11-12H,6H2. The summed E-state index contributed by atoms with van der Waals surface area (Å²) in [5.41, 5.74) is 0.813. The van der Waals surface area contributed by atoms with Crippen molar-refractivity contribution in [2.45, 2.75) is 10.9 Å². The van der Waals surface area contributed by atoms with E-state index in [-0.39, 0.29) is 11.4 Å². The second kappa shape index (κ2) is 4.60. The Morgan fingerprint density at radius 2 is 1.83 bits per heavy atom. The number of hydrogen-bond acceptors (Lipinski definition) is 2. The van der Waals surface area contributed by atoms with E-state index in [1.165, 1.54) is 0 Å². The first-order valence-electron chi connectivity index (χ1n) is 3.73. The topological polar surface area (TPSA) is 40.5 Å². The monoisotopic (exact) mass is 230 g/mol. The van der Waals surface area contributed by atoms with Crippen molar-refractivity contribution in [3.05, 3.63) is 35.9 Å². The lowest BCUT2D eigenvalue weighted by molar-refractivity contribution is 0.144. The van der Waals surface area contributed by atoms with Gasteiger partial charge in [-0.3, -0.25) is 0 Å². The molecule has 0 heterocycles. The van der Waals surface area contributed by atoms with E-state index in [1.54, 1.807) is 0 Å². The quantitative estimate of drug-likeness (QED) is 0.773. The van der Waals surface area contributed by atoms with E-state index >= 15 is 0 Å². The minimum Gasteiger partial charge on any atom is -0.395 e. The molecule has 2 atom stereocenters. The largest absolute Gasteiger partial charge is 0.395 e. The van der Waals surface area contributed by atoms with E-state index in [2.05, 4.69) is 15.9 Å². The molecule has 0 aromatic heterocycles. The zero-order valence-corrected chi connectivity index (χ0v) is 8.11. The van der Waals surface area contributed by atoms with Gasteiger partial charge in [-0.05, 0) is 5.56 Å². The Morgan fingerprint density at radius 3 is 2.33 bits per heavy atom. The summed E-state index contributed by atoms with van der Waals surface area (Å²) in [6, 6.07) is 9.26. The Morgan fingerprint density at radius 1 is 1.25 bits per heavy atom. The summed E-state index contributed by atoms with van der Waals surface area (Å²) in [6.45, 7) is -0.0734. The summed E-state index contributed by atoms with van der Waals surface area (Å²) in [5.74, 6) is 0. The first-order chi connectivity index (χ1) is 5.75. The van der Waals surface area contributed by atoms with E-state index in [0.717, 1.165) is 5.56 Å². The maximum Gasteiger partial charge on any atom is 0.0937 e. The number of halogens is 1. The van der Waals surface area contributed by atoms with Gasteiger partial charge in [0.1, 0.15) is 0 Å². The fraction of sp³-hybridized carbons (Fsp3) is 0.333. The molecule has 0 amide bonds. The van der Waals surface area contributed by atoms with Crippen molar-refractivity contribution in [1.82, 2.24) is 0 Å². The summed E-state index contributed by atoms with van der Waals surface area (Å²) >= 11 is 3.18. The van der Waals surface area contributed by atoms with Gasteiger partial charge in [0, 0.05) is 0 Å². The Hall–Kier alpha value is -0.380. The van der Waals surface area contributed by atoms with Crippen molar-refractivity contribution >= 4 is 15.9 Å². The molecule has 0 fully saturated rings. The van der Waals surface area contributed by atoms with Crippen LogP contribution in [0.3, 0.4) is 0 Å². The highest BCUT2D eigenvalue weighted by molar-refractivity contribution is 9.09. The Balaban J connectivity index is 2.71. The third-order valence-electron chi connectivity index (χ3n) is 1.66. The Labute approximate surface area is 80.0 Å². The lowest BCUT2D eigenvalue weighted by atomic mass is 10.1. The van der Waals surface area contributed by atoms with Crippen LogP contribution in [0.25, 0.3) is 0 Å². The second-order valence-corrected chi connectivity index (χ2v) is 3.73. The molecular weight excluding hydrogens is 220 g/mol. The molecule has 0 aliphatic heterocycles. The first-order valence-corrected chi connectivity index (χ1v) is 4.65. The number of alkyl halides is 1. The normalized spacial score (nSPS) is 15.6. The van der Waals surface area contributed by atoms with Crippen molar-refractivity contribution in [3.63, 3.8) is 0 Å².